The second-order valence-electron chi connectivity index (χ2n) is 6.42. The molecule has 0 amide bonds. The molecule has 2 fully saturated rings. The van der Waals surface area contributed by atoms with Gasteiger partial charge in [0.1, 0.15) is 0 Å². The topological polar surface area (TPSA) is 61.9 Å². The van der Waals surface area contributed by atoms with E-state index in [0.29, 0.717) is 12.0 Å². The summed E-state index contributed by atoms with van der Waals surface area (Å²) in [6.07, 6.45) is 5.02. The first-order valence-corrected chi connectivity index (χ1v) is 8.36. The van der Waals surface area contributed by atoms with Crippen LogP contribution in [0.25, 0.3) is 11.0 Å². The van der Waals surface area contributed by atoms with Crippen LogP contribution in [0, 0.1) is 5.92 Å². The number of halogens is 1. The van der Waals surface area contributed by atoms with Crippen molar-refractivity contribution in [3.8, 4) is 0 Å². The number of rotatable bonds is 5. The van der Waals surface area contributed by atoms with Gasteiger partial charge in [-0.15, -0.1) is 12.4 Å². The van der Waals surface area contributed by atoms with E-state index in [1.807, 2.05) is 24.3 Å². The second kappa shape index (κ2) is 7.32. The molecule has 23 heavy (non-hydrogen) atoms. The zero-order valence-corrected chi connectivity index (χ0v) is 14.0. The van der Waals surface area contributed by atoms with Crippen molar-refractivity contribution in [3.05, 3.63) is 24.3 Å². The number of aromatic nitrogens is 2. The van der Waals surface area contributed by atoms with Crippen LogP contribution in [0.5, 0.6) is 0 Å². The van der Waals surface area contributed by atoms with Crippen molar-refractivity contribution in [2.75, 3.05) is 30.3 Å². The average Bonchev–Trinajstić information content (AvgIpc) is 3.38. The van der Waals surface area contributed by atoms with Crippen LogP contribution in [0.1, 0.15) is 25.7 Å². The molecule has 1 atom stereocenters. The normalized spacial score (nSPS) is 20.8. The first-order chi connectivity index (χ1) is 10.9. The van der Waals surface area contributed by atoms with Crippen molar-refractivity contribution in [1.82, 2.24) is 15.3 Å². The Morgan fingerprint density at radius 2 is 1.78 bits per heavy atom. The van der Waals surface area contributed by atoms with Gasteiger partial charge in [-0.2, -0.15) is 0 Å². The van der Waals surface area contributed by atoms with Crippen molar-refractivity contribution >= 4 is 35.1 Å². The van der Waals surface area contributed by atoms with Gasteiger partial charge in [0.25, 0.3) is 0 Å². The SMILES string of the molecule is Cl.c1ccc2nc(NC3CC3)c(NCC3CCCNC3)nc2c1. The van der Waals surface area contributed by atoms with Crippen LogP contribution < -0.4 is 16.0 Å². The number of anilines is 2. The van der Waals surface area contributed by atoms with Crippen LogP contribution in [-0.4, -0.2) is 35.6 Å². The van der Waals surface area contributed by atoms with E-state index in [0.717, 1.165) is 42.3 Å². The minimum atomic E-state index is 0. The van der Waals surface area contributed by atoms with E-state index in [-0.39, 0.29) is 12.4 Å². The lowest BCUT2D eigenvalue weighted by Crippen LogP contribution is -2.33. The molecule has 2 aliphatic rings. The third-order valence-electron chi connectivity index (χ3n) is 4.45. The van der Waals surface area contributed by atoms with Gasteiger partial charge in [-0.1, -0.05) is 12.1 Å². The Kier molecular flexibility index (Phi) is 5.18. The smallest absolute Gasteiger partial charge is 0.169 e. The van der Waals surface area contributed by atoms with E-state index < -0.39 is 0 Å². The summed E-state index contributed by atoms with van der Waals surface area (Å²) in [6.45, 7) is 3.21. The number of hydrogen-bond donors (Lipinski definition) is 3. The van der Waals surface area contributed by atoms with Crippen LogP contribution in [0.15, 0.2) is 24.3 Å². The molecule has 1 saturated carbocycles. The molecule has 0 bridgehead atoms. The lowest BCUT2D eigenvalue weighted by atomic mass is 10.00. The lowest BCUT2D eigenvalue weighted by molar-refractivity contribution is 0.392. The van der Waals surface area contributed by atoms with Crippen LogP contribution in [0.4, 0.5) is 11.6 Å². The van der Waals surface area contributed by atoms with E-state index in [1.54, 1.807) is 0 Å². The predicted molar refractivity (Wildman–Crippen MR) is 97.5 cm³/mol. The summed E-state index contributed by atoms with van der Waals surface area (Å²) in [4.78, 5) is 9.55. The fourth-order valence-electron chi connectivity index (χ4n) is 2.98. The van der Waals surface area contributed by atoms with E-state index >= 15 is 0 Å². The molecule has 0 spiro atoms. The summed E-state index contributed by atoms with van der Waals surface area (Å²) in [5.74, 6) is 2.48. The van der Waals surface area contributed by atoms with E-state index in [4.69, 9.17) is 9.97 Å². The number of benzene rings is 1. The standard InChI is InChI=1S/C17H23N5.ClH/c1-2-6-15-14(5-1)21-16(17(22-15)20-13-7-8-13)19-11-12-4-3-9-18-10-12;/h1-2,5-6,12-13,18H,3-4,7-11H2,(H,19,21)(H,20,22);1H. The second-order valence-corrected chi connectivity index (χ2v) is 6.42. The molecule has 1 unspecified atom stereocenters. The highest BCUT2D eigenvalue weighted by Crippen LogP contribution is 2.29. The Morgan fingerprint density at radius 3 is 2.43 bits per heavy atom. The number of para-hydroxylation sites is 2. The highest BCUT2D eigenvalue weighted by atomic mass is 35.5. The zero-order valence-electron chi connectivity index (χ0n) is 13.2. The van der Waals surface area contributed by atoms with Gasteiger partial charge in [-0.05, 0) is 56.8 Å². The molecule has 1 aromatic heterocycles. The van der Waals surface area contributed by atoms with Gasteiger partial charge < -0.3 is 16.0 Å². The minimum Gasteiger partial charge on any atom is -0.367 e. The summed E-state index contributed by atoms with van der Waals surface area (Å²) in [6, 6.07) is 8.65. The Labute approximate surface area is 143 Å². The van der Waals surface area contributed by atoms with Gasteiger partial charge in [-0.3, -0.25) is 0 Å². The highest BCUT2D eigenvalue weighted by Gasteiger charge is 2.23. The van der Waals surface area contributed by atoms with Crippen molar-refractivity contribution in [2.24, 2.45) is 5.92 Å². The number of piperidine rings is 1. The maximum absolute atomic E-state index is 4.78. The van der Waals surface area contributed by atoms with Crippen LogP contribution in [0.2, 0.25) is 0 Å². The van der Waals surface area contributed by atoms with Crippen molar-refractivity contribution in [3.63, 3.8) is 0 Å². The first kappa shape index (κ1) is 16.3. The minimum absolute atomic E-state index is 0. The fourth-order valence-corrected chi connectivity index (χ4v) is 2.98. The molecule has 1 aliphatic carbocycles. The summed E-state index contributed by atoms with van der Waals surface area (Å²) in [7, 11) is 0. The van der Waals surface area contributed by atoms with E-state index in [1.165, 1.54) is 25.7 Å². The quantitative estimate of drug-likeness (QED) is 0.785. The summed E-state index contributed by atoms with van der Waals surface area (Å²) < 4.78 is 0. The van der Waals surface area contributed by atoms with Gasteiger partial charge >= 0.3 is 0 Å². The summed E-state index contributed by atoms with van der Waals surface area (Å²) in [5, 5.41) is 10.5. The summed E-state index contributed by atoms with van der Waals surface area (Å²) in [5.41, 5.74) is 1.91. The molecule has 5 nitrogen and oxygen atoms in total. The van der Waals surface area contributed by atoms with Crippen LogP contribution in [-0.2, 0) is 0 Å². The Bertz CT molecular complexity index is 652. The highest BCUT2D eigenvalue weighted by molar-refractivity contribution is 5.85. The van der Waals surface area contributed by atoms with Crippen molar-refractivity contribution in [1.29, 1.82) is 0 Å². The van der Waals surface area contributed by atoms with Gasteiger partial charge in [0.15, 0.2) is 11.6 Å². The number of nitrogens with zero attached hydrogens (tertiary/aromatic N) is 2. The Balaban J connectivity index is 0.00000156. The third-order valence-corrected chi connectivity index (χ3v) is 4.45. The predicted octanol–water partition coefficient (Wildman–Crippen LogP) is 3.04. The molecule has 2 heterocycles. The van der Waals surface area contributed by atoms with Gasteiger partial charge in [0, 0.05) is 12.6 Å². The van der Waals surface area contributed by atoms with Gasteiger partial charge in [0.2, 0.25) is 0 Å². The summed E-state index contributed by atoms with van der Waals surface area (Å²) >= 11 is 0. The molecule has 1 aromatic carbocycles. The largest absolute Gasteiger partial charge is 0.367 e. The third kappa shape index (κ3) is 4.03. The number of hydrogen-bond acceptors (Lipinski definition) is 5. The molecule has 0 radical (unpaired) electrons. The van der Waals surface area contributed by atoms with Crippen LogP contribution in [0.3, 0.4) is 0 Å². The van der Waals surface area contributed by atoms with E-state index in [9.17, 15) is 0 Å². The molecule has 124 valence electrons. The molecule has 1 aliphatic heterocycles. The maximum atomic E-state index is 4.78. The Hall–Kier alpha value is -1.59. The molecular formula is C17H24ClN5. The van der Waals surface area contributed by atoms with Gasteiger partial charge in [-0.25, -0.2) is 9.97 Å². The molecule has 2 aromatic rings. The Morgan fingerprint density at radius 1 is 1.04 bits per heavy atom. The lowest BCUT2D eigenvalue weighted by Gasteiger charge is -2.23. The molecule has 4 rings (SSSR count). The monoisotopic (exact) mass is 333 g/mol. The average molecular weight is 334 g/mol. The fraction of sp³-hybridized carbons (Fsp3) is 0.529. The van der Waals surface area contributed by atoms with Crippen LogP contribution >= 0.6 is 12.4 Å². The molecular weight excluding hydrogens is 310 g/mol. The number of fused-ring (bicyclic) bond motifs is 1. The first-order valence-electron chi connectivity index (χ1n) is 8.36. The zero-order chi connectivity index (χ0) is 14.8. The van der Waals surface area contributed by atoms with Gasteiger partial charge in [0.05, 0.1) is 11.0 Å². The maximum Gasteiger partial charge on any atom is 0.169 e. The van der Waals surface area contributed by atoms with Crippen molar-refractivity contribution in [2.45, 2.75) is 31.7 Å². The molecule has 6 heteroatoms. The van der Waals surface area contributed by atoms with E-state index in [2.05, 4.69) is 16.0 Å². The molecule has 3 N–H and O–H groups in total. The number of nitrogens with one attached hydrogen (secondary N) is 3. The van der Waals surface area contributed by atoms with Crippen molar-refractivity contribution < 1.29 is 0 Å². The molecule has 1 saturated heterocycles.